The molecule has 0 radical (unpaired) electrons. The average Bonchev–Trinajstić information content (AvgIpc) is 3.11. The number of aromatic nitrogens is 1. The van der Waals surface area contributed by atoms with Gasteiger partial charge in [0.05, 0.1) is 6.21 Å². The highest BCUT2D eigenvalue weighted by atomic mass is 16.3. The molecule has 3 aromatic rings. The summed E-state index contributed by atoms with van der Waals surface area (Å²) < 4.78 is 5.33. The summed E-state index contributed by atoms with van der Waals surface area (Å²) in [5.74, 6) is 1.31. The molecule has 112 valence electrons. The Morgan fingerprint density at radius 2 is 2.18 bits per heavy atom. The van der Waals surface area contributed by atoms with Crippen LogP contribution in [0.1, 0.15) is 23.5 Å². The Morgan fingerprint density at radius 3 is 3.00 bits per heavy atom. The molecule has 5 nitrogen and oxygen atoms in total. The van der Waals surface area contributed by atoms with Gasteiger partial charge in [-0.3, -0.25) is 4.79 Å². The van der Waals surface area contributed by atoms with Gasteiger partial charge in [0.1, 0.15) is 11.5 Å². The standard InChI is InChI=1S/C17H17N3O2/c1-12-6-8-14(22-12)11-19-20-17(21)9-7-13-10-18-16-5-3-2-4-15(13)16/h2-6,8,10-11,18H,7,9H2,1H3,(H,20,21). The van der Waals surface area contributed by atoms with Crippen molar-refractivity contribution in [2.24, 2.45) is 5.10 Å². The molecule has 0 saturated heterocycles. The fraction of sp³-hybridized carbons (Fsp3) is 0.176. The van der Waals surface area contributed by atoms with Gasteiger partial charge in [0.25, 0.3) is 0 Å². The first-order valence-corrected chi connectivity index (χ1v) is 7.16. The van der Waals surface area contributed by atoms with Crippen LogP contribution in [0.4, 0.5) is 0 Å². The summed E-state index contributed by atoms with van der Waals surface area (Å²) in [6, 6.07) is 11.7. The van der Waals surface area contributed by atoms with Gasteiger partial charge in [-0.25, -0.2) is 5.43 Å². The molecule has 0 aliphatic carbocycles. The quantitative estimate of drug-likeness (QED) is 0.560. The van der Waals surface area contributed by atoms with E-state index in [1.165, 1.54) is 6.21 Å². The van der Waals surface area contributed by atoms with E-state index in [9.17, 15) is 4.79 Å². The molecule has 0 unspecified atom stereocenters. The summed E-state index contributed by atoms with van der Waals surface area (Å²) in [6.07, 6.45) is 4.50. The van der Waals surface area contributed by atoms with Gasteiger partial charge >= 0.3 is 0 Å². The van der Waals surface area contributed by atoms with Crippen LogP contribution in [0.15, 0.2) is 52.1 Å². The predicted molar refractivity (Wildman–Crippen MR) is 85.8 cm³/mol. The zero-order chi connectivity index (χ0) is 15.4. The molecule has 0 atom stereocenters. The van der Waals surface area contributed by atoms with Gasteiger partial charge in [0, 0.05) is 23.5 Å². The Bertz CT molecular complexity index is 814. The van der Waals surface area contributed by atoms with Gasteiger partial charge in [0.2, 0.25) is 5.91 Å². The van der Waals surface area contributed by atoms with Crippen molar-refractivity contribution in [2.45, 2.75) is 19.8 Å². The molecule has 0 spiro atoms. The van der Waals surface area contributed by atoms with E-state index in [0.29, 0.717) is 18.6 Å². The number of nitrogens with one attached hydrogen (secondary N) is 2. The zero-order valence-electron chi connectivity index (χ0n) is 12.3. The summed E-state index contributed by atoms with van der Waals surface area (Å²) in [4.78, 5) is 15.0. The fourth-order valence-electron chi connectivity index (χ4n) is 2.33. The minimum absolute atomic E-state index is 0.121. The Morgan fingerprint density at radius 1 is 1.32 bits per heavy atom. The number of carbonyl (C=O) groups excluding carboxylic acids is 1. The molecule has 1 aromatic carbocycles. The lowest BCUT2D eigenvalue weighted by Crippen LogP contribution is -2.17. The minimum Gasteiger partial charge on any atom is -0.460 e. The lowest BCUT2D eigenvalue weighted by molar-refractivity contribution is -0.121. The number of para-hydroxylation sites is 1. The largest absolute Gasteiger partial charge is 0.460 e. The van der Waals surface area contributed by atoms with E-state index in [4.69, 9.17) is 4.42 Å². The predicted octanol–water partition coefficient (Wildman–Crippen LogP) is 3.15. The van der Waals surface area contributed by atoms with Crippen LogP contribution < -0.4 is 5.43 Å². The number of aryl methyl sites for hydroxylation is 2. The molecule has 5 heteroatoms. The number of benzene rings is 1. The maximum absolute atomic E-state index is 11.8. The minimum atomic E-state index is -0.121. The van der Waals surface area contributed by atoms with Crippen molar-refractivity contribution in [1.29, 1.82) is 0 Å². The molecule has 0 saturated carbocycles. The van der Waals surface area contributed by atoms with Crippen LogP contribution in [0.5, 0.6) is 0 Å². The number of rotatable bonds is 5. The number of hydrogen-bond donors (Lipinski definition) is 2. The van der Waals surface area contributed by atoms with Crippen LogP contribution in [0, 0.1) is 6.92 Å². The van der Waals surface area contributed by atoms with Gasteiger partial charge < -0.3 is 9.40 Å². The summed E-state index contributed by atoms with van der Waals surface area (Å²) in [7, 11) is 0. The van der Waals surface area contributed by atoms with Gasteiger partial charge in [-0.15, -0.1) is 0 Å². The van der Waals surface area contributed by atoms with Crippen molar-refractivity contribution >= 4 is 23.0 Å². The maximum Gasteiger partial charge on any atom is 0.240 e. The van der Waals surface area contributed by atoms with E-state index < -0.39 is 0 Å². The third-order valence-corrected chi connectivity index (χ3v) is 3.44. The number of aromatic amines is 1. The lowest BCUT2D eigenvalue weighted by atomic mass is 10.1. The Balaban J connectivity index is 1.53. The van der Waals surface area contributed by atoms with E-state index in [2.05, 4.69) is 21.6 Å². The Labute approximate surface area is 128 Å². The summed E-state index contributed by atoms with van der Waals surface area (Å²) >= 11 is 0. The molecule has 0 bridgehead atoms. The summed E-state index contributed by atoms with van der Waals surface area (Å²) in [6.45, 7) is 1.86. The van der Waals surface area contributed by atoms with Crippen LogP contribution in [0.25, 0.3) is 10.9 Å². The molecule has 0 aliphatic rings. The molecule has 0 fully saturated rings. The molecule has 3 rings (SSSR count). The number of amides is 1. The summed E-state index contributed by atoms with van der Waals surface area (Å²) in [5.41, 5.74) is 4.73. The Hall–Kier alpha value is -2.82. The van der Waals surface area contributed by atoms with Crippen LogP contribution >= 0.6 is 0 Å². The number of H-pyrrole nitrogens is 1. The highest BCUT2D eigenvalue weighted by Gasteiger charge is 2.06. The zero-order valence-corrected chi connectivity index (χ0v) is 12.3. The van der Waals surface area contributed by atoms with Crippen molar-refractivity contribution in [3.63, 3.8) is 0 Å². The fourth-order valence-corrected chi connectivity index (χ4v) is 2.33. The van der Waals surface area contributed by atoms with E-state index in [1.807, 2.05) is 37.4 Å². The average molecular weight is 295 g/mol. The second kappa shape index (κ2) is 6.30. The van der Waals surface area contributed by atoms with Gasteiger partial charge in [-0.05, 0) is 37.1 Å². The van der Waals surface area contributed by atoms with Crippen LogP contribution in [0.3, 0.4) is 0 Å². The van der Waals surface area contributed by atoms with Crippen LogP contribution in [-0.2, 0) is 11.2 Å². The van der Waals surface area contributed by atoms with Crippen LogP contribution in [0.2, 0.25) is 0 Å². The highest BCUT2D eigenvalue weighted by Crippen LogP contribution is 2.18. The first-order valence-electron chi connectivity index (χ1n) is 7.16. The topological polar surface area (TPSA) is 70.4 Å². The van der Waals surface area contributed by atoms with Gasteiger partial charge in [-0.2, -0.15) is 5.10 Å². The number of carbonyl (C=O) groups is 1. The number of nitrogens with zero attached hydrogens (tertiary/aromatic N) is 1. The molecule has 2 heterocycles. The first-order chi connectivity index (χ1) is 10.7. The molecule has 0 aliphatic heterocycles. The number of hydrazone groups is 1. The molecular formula is C17H17N3O2. The lowest BCUT2D eigenvalue weighted by Gasteiger charge is -1.99. The van der Waals surface area contributed by atoms with Gasteiger partial charge in [0.15, 0.2) is 0 Å². The SMILES string of the molecule is Cc1ccc(C=NNC(=O)CCc2c[nH]c3ccccc23)o1. The van der Waals surface area contributed by atoms with Crippen molar-refractivity contribution in [1.82, 2.24) is 10.4 Å². The van der Waals surface area contributed by atoms with Crippen molar-refractivity contribution in [2.75, 3.05) is 0 Å². The molecule has 1 amide bonds. The maximum atomic E-state index is 11.8. The number of hydrogen-bond acceptors (Lipinski definition) is 3. The smallest absolute Gasteiger partial charge is 0.240 e. The molecular weight excluding hydrogens is 278 g/mol. The third-order valence-electron chi connectivity index (χ3n) is 3.44. The molecule has 22 heavy (non-hydrogen) atoms. The first kappa shape index (κ1) is 14.1. The van der Waals surface area contributed by atoms with E-state index in [-0.39, 0.29) is 5.91 Å². The van der Waals surface area contributed by atoms with Crippen LogP contribution in [-0.4, -0.2) is 17.1 Å². The number of fused-ring (bicyclic) bond motifs is 1. The van der Waals surface area contributed by atoms with Crippen molar-refractivity contribution in [3.8, 4) is 0 Å². The second-order valence-corrected chi connectivity index (χ2v) is 5.10. The highest BCUT2D eigenvalue weighted by molar-refractivity contribution is 5.84. The summed E-state index contributed by atoms with van der Waals surface area (Å²) in [5, 5.41) is 5.05. The van der Waals surface area contributed by atoms with E-state index >= 15 is 0 Å². The Kier molecular flexibility index (Phi) is 4.05. The normalized spacial score (nSPS) is 11.3. The van der Waals surface area contributed by atoms with E-state index in [0.717, 1.165) is 22.2 Å². The molecule has 2 N–H and O–H groups in total. The number of furan rings is 1. The monoisotopic (exact) mass is 295 g/mol. The van der Waals surface area contributed by atoms with Gasteiger partial charge in [-0.1, -0.05) is 18.2 Å². The molecule has 2 aromatic heterocycles. The van der Waals surface area contributed by atoms with Crippen molar-refractivity contribution < 1.29 is 9.21 Å². The van der Waals surface area contributed by atoms with E-state index in [1.54, 1.807) is 6.07 Å². The second-order valence-electron chi connectivity index (χ2n) is 5.10. The third kappa shape index (κ3) is 3.25. The van der Waals surface area contributed by atoms with Crippen molar-refractivity contribution in [3.05, 3.63) is 59.7 Å².